The maximum atomic E-state index is 10.9. The van der Waals surface area contributed by atoms with Crippen LogP contribution in [0.3, 0.4) is 0 Å². The molecule has 1 amide bonds. The minimum Gasteiger partial charge on any atom is -0.481 e. The van der Waals surface area contributed by atoms with Crippen molar-refractivity contribution in [2.24, 2.45) is 5.73 Å². The van der Waals surface area contributed by atoms with Gasteiger partial charge in [-0.2, -0.15) is 0 Å². The molecular weight excluding hydrogens is 222 g/mol. The number of carbonyl (C=O) groups excluding carboxylic acids is 1. The number of nitrogens with two attached hydrogens (primary N) is 1. The molecule has 2 atom stereocenters. The van der Waals surface area contributed by atoms with Crippen LogP contribution in [-0.4, -0.2) is 40.6 Å². The van der Waals surface area contributed by atoms with Crippen LogP contribution >= 0.6 is 0 Å². The number of aliphatic hydroxyl groups excluding tert-OH is 1. The third-order valence-corrected chi connectivity index (χ3v) is 2.77. The lowest BCUT2D eigenvalue weighted by Gasteiger charge is -2.09. The molecule has 0 aliphatic carbocycles. The van der Waals surface area contributed by atoms with Gasteiger partial charge in [-0.3, -0.25) is 9.69 Å². The number of amides is 1. The third-order valence-electron chi connectivity index (χ3n) is 2.77. The Balaban J connectivity index is 2.08. The number of nitrogens with zero attached hydrogens (tertiary/aromatic N) is 2. The first-order valence-electron chi connectivity index (χ1n) is 5.32. The summed E-state index contributed by atoms with van der Waals surface area (Å²) in [6.07, 6.45) is 0. The van der Waals surface area contributed by atoms with Gasteiger partial charge < -0.3 is 15.6 Å². The van der Waals surface area contributed by atoms with E-state index in [4.69, 9.17) is 15.6 Å². The van der Waals surface area contributed by atoms with Crippen LogP contribution in [0.25, 0.3) is 0 Å². The molecule has 6 heteroatoms. The highest BCUT2D eigenvalue weighted by Gasteiger charge is 2.39. The standard InChI is InChI=1S/C11H15N3O3/c1-17-11-7(2-3-8(6-15)13-11)4-14-5-9(14)10(12)16/h2-3,9,15H,4-6H2,1H3,(H2,12,16). The van der Waals surface area contributed by atoms with Crippen molar-refractivity contribution in [3.63, 3.8) is 0 Å². The molecule has 17 heavy (non-hydrogen) atoms. The van der Waals surface area contributed by atoms with Gasteiger partial charge in [-0.15, -0.1) is 0 Å². The van der Waals surface area contributed by atoms with Gasteiger partial charge in [-0.1, -0.05) is 6.07 Å². The van der Waals surface area contributed by atoms with Gasteiger partial charge in [0.1, 0.15) is 6.04 Å². The van der Waals surface area contributed by atoms with Crippen molar-refractivity contribution in [2.75, 3.05) is 13.7 Å². The Hall–Kier alpha value is -1.66. The molecule has 1 aromatic rings. The fraction of sp³-hybridized carbons (Fsp3) is 0.455. The van der Waals surface area contributed by atoms with Gasteiger partial charge in [0.2, 0.25) is 11.8 Å². The largest absolute Gasteiger partial charge is 0.481 e. The minimum atomic E-state index is -0.302. The van der Waals surface area contributed by atoms with Gasteiger partial charge in [0, 0.05) is 18.7 Å². The van der Waals surface area contributed by atoms with Crippen LogP contribution in [0.1, 0.15) is 11.3 Å². The van der Waals surface area contributed by atoms with E-state index < -0.39 is 0 Å². The number of methoxy groups -OCH3 is 1. The maximum Gasteiger partial charge on any atom is 0.236 e. The summed E-state index contributed by atoms with van der Waals surface area (Å²) in [6.45, 7) is 1.14. The summed E-state index contributed by atoms with van der Waals surface area (Å²) in [4.78, 5) is 17.0. The summed E-state index contributed by atoms with van der Waals surface area (Å²) in [7, 11) is 1.53. The molecule has 1 aliphatic rings. The zero-order valence-electron chi connectivity index (χ0n) is 9.59. The molecule has 2 rings (SSSR count). The molecule has 92 valence electrons. The van der Waals surface area contributed by atoms with Crippen molar-refractivity contribution in [3.8, 4) is 5.88 Å². The number of hydrogen-bond acceptors (Lipinski definition) is 5. The van der Waals surface area contributed by atoms with E-state index in [9.17, 15) is 4.79 Å². The predicted octanol–water partition coefficient (Wildman–Crippen LogP) is -0.748. The summed E-state index contributed by atoms with van der Waals surface area (Å²) in [5.74, 6) is 0.176. The van der Waals surface area contributed by atoms with Crippen LogP contribution in [0.15, 0.2) is 12.1 Å². The van der Waals surface area contributed by atoms with Crippen molar-refractivity contribution in [1.82, 2.24) is 9.88 Å². The van der Waals surface area contributed by atoms with Crippen LogP contribution in [0.2, 0.25) is 0 Å². The molecule has 6 nitrogen and oxygen atoms in total. The smallest absolute Gasteiger partial charge is 0.236 e. The van der Waals surface area contributed by atoms with Gasteiger partial charge in [0.15, 0.2) is 0 Å². The average molecular weight is 237 g/mol. The van der Waals surface area contributed by atoms with E-state index >= 15 is 0 Å². The second-order valence-corrected chi connectivity index (χ2v) is 3.98. The molecule has 2 unspecified atom stereocenters. The normalized spacial score (nSPS) is 22.2. The van der Waals surface area contributed by atoms with Crippen molar-refractivity contribution in [2.45, 2.75) is 19.2 Å². The van der Waals surface area contributed by atoms with E-state index in [1.54, 1.807) is 6.07 Å². The summed E-state index contributed by atoms with van der Waals surface area (Å²) in [5.41, 5.74) is 6.64. The zero-order valence-corrected chi connectivity index (χ0v) is 9.59. The van der Waals surface area contributed by atoms with Crippen LogP contribution in [0.5, 0.6) is 5.88 Å². The highest BCUT2D eigenvalue weighted by molar-refractivity contribution is 5.82. The highest BCUT2D eigenvalue weighted by Crippen LogP contribution is 2.25. The van der Waals surface area contributed by atoms with Crippen molar-refractivity contribution < 1.29 is 14.6 Å². The van der Waals surface area contributed by atoms with E-state index in [0.29, 0.717) is 24.7 Å². The van der Waals surface area contributed by atoms with Crippen molar-refractivity contribution in [1.29, 1.82) is 0 Å². The Morgan fingerprint density at radius 2 is 2.47 bits per heavy atom. The SMILES string of the molecule is COc1nc(CO)ccc1CN1CC1C(N)=O. The maximum absolute atomic E-state index is 10.9. The minimum absolute atomic E-state index is 0.121. The van der Waals surface area contributed by atoms with Gasteiger partial charge >= 0.3 is 0 Å². The second-order valence-electron chi connectivity index (χ2n) is 3.98. The second kappa shape index (κ2) is 4.68. The van der Waals surface area contributed by atoms with E-state index in [1.807, 2.05) is 11.0 Å². The monoisotopic (exact) mass is 237 g/mol. The Bertz CT molecular complexity index is 436. The molecule has 1 aliphatic heterocycles. The number of carbonyl (C=O) groups is 1. The van der Waals surface area contributed by atoms with Crippen molar-refractivity contribution >= 4 is 5.91 Å². The lowest BCUT2D eigenvalue weighted by molar-refractivity contribution is -0.118. The topological polar surface area (TPSA) is 88.4 Å². The van der Waals surface area contributed by atoms with Gasteiger partial charge in [0.05, 0.1) is 19.4 Å². The van der Waals surface area contributed by atoms with E-state index in [2.05, 4.69) is 4.98 Å². The summed E-state index contributed by atoms with van der Waals surface area (Å²) in [5, 5.41) is 8.97. The molecule has 1 aromatic heterocycles. The van der Waals surface area contributed by atoms with Gasteiger partial charge in [-0.05, 0) is 6.07 Å². The highest BCUT2D eigenvalue weighted by atomic mass is 16.5. The van der Waals surface area contributed by atoms with E-state index in [0.717, 1.165) is 5.56 Å². The molecule has 3 N–H and O–H groups in total. The van der Waals surface area contributed by atoms with Crippen LogP contribution in [0, 0.1) is 0 Å². The van der Waals surface area contributed by atoms with Crippen LogP contribution in [0.4, 0.5) is 0 Å². The molecule has 0 radical (unpaired) electrons. The Kier molecular flexibility index (Phi) is 3.26. The van der Waals surface area contributed by atoms with Gasteiger partial charge in [0.25, 0.3) is 0 Å². The molecule has 0 saturated carbocycles. The molecule has 0 spiro atoms. The quantitative estimate of drug-likeness (QED) is 0.658. The summed E-state index contributed by atoms with van der Waals surface area (Å²) >= 11 is 0. The van der Waals surface area contributed by atoms with E-state index in [-0.39, 0.29) is 18.6 Å². The zero-order chi connectivity index (χ0) is 12.4. The molecule has 0 bridgehead atoms. The number of primary amides is 1. The van der Waals surface area contributed by atoms with Gasteiger partial charge in [-0.25, -0.2) is 4.98 Å². The number of aliphatic hydroxyl groups is 1. The third kappa shape index (κ3) is 2.54. The fourth-order valence-electron chi connectivity index (χ4n) is 1.73. The molecular formula is C11H15N3O3. The molecule has 0 aromatic carbocycles. The van der Waals surface area contributed by atoms with E-state index in [1.165, 1.54) is 7.11 Å². The average Bonchev–Trinajstić information content (AvgIpc) is 3.09. The number of rotatable bonds is 5. The lowest BCUT2D eigenvalue weighted by atomic mass is 10.2. The number of hydrogen-bond donors (Lipinski definition) is 2. The molecule has 1 saturated heterocycles. The number of pyridine rings is 1. The van der Waals surface area contributed by atoms with Crippen LogP contribution in [-0.2, 0) is 17.9 Å². The Labute approximate surface area is 99.0 Å². The summed E-state index contributed by atoms with van der Waals surface area (Å²) in [6, 6.07) is 3.41. The first-order valence-corrected chi connectivity index (χ1v) is 5.32. The molecule has 1 fully saturated rings. The first-order chi connectivity index (χ1) is 8.15. The van der Waals surface area contributed by atoms with Crippen LogP contribution < -0.4 is 10.5 Å². The summed E-state index contributed by atoms with van der Waals surface area (Å²) < 4.78 is 5.15. The fourth-order valence-corrected chi connectivity index (χ4v) is 1.73. The lowest BCUT2D eigenvalue weighted by Crippen LogP contribution is -2.21. The first kappa shape index (κ1) is 11.8. The Morgan fingerprint density at radius 3 is 3.00 bits per heavy atom. The molecule has 2 heterocycles. The Morgan fingerprint density at radius 1 is 1.71 bits per heavy atom. The number of aromatic nitrogens is 1. The number of ether oxygens (including phenoxy) is 1. The predicted molar refractivity (Wildman–Crippen MR) is 60.1 cm³/mol. The van der Waals surface area contributed by atoms with Crippen molar-refractivity contribution in [3.05, 3.63) is 23.4 Å².